The van der Waals surface area contributed by atoms with Crippen LogP contribution in [0.3, 0.4) is 0 Å². The molecule has 0 unspecified atom stereocenters. The number of hydrogen-bond donors (Lipinski definition) is 8. The number of rotatable bonds is 37. The van der Waals surface area contributed by atoms with E-state index in [1.54, 1.807) is 0 Å². The van der Waals surface area contributed by atoms with Crippen molar-refractivity contribution in [3.8, 4) is 0 Å². The van der Waals surface area contributed by atoms with E-state index >= 15 is 0 Å². The number of Topliss-reactive ketones (excluding diaryl/α,β-unsaturated/α-hetero) is 1. The average Bonchev–Trinajstić information content (AvgIpc) is 3.22. The fraction of sp³-hybridized carbons (Fsp3) is 0.769. The van der Waals surface area contributed by atoms with Crippen molar-refractivity contribution >= 4 is 69.2 Å². The Morgan fingerprint density at radius 3 is 1.72 bits per heavy atom. The van der Waals surface area contributed by atoms with Crippen LogP contribution in [0, 0.1) is 17.8 Å². The van der Waals surface area contributed by atoms with Crippen molar-refractivity contribution in [2.24, 2.45) is 17.8 Å². The van der Waals surface area contributed by atoms with Crippen LogP contribution >= 0.6 is 15.9 Å². The molecular weight excluding hydrogens is 874 g/mol. The van der Waals surface area contributed by atoms with Gasteiger partial charge in [-0.1, -0.05) is 15.9 Å². The third-order valence-corrected chi connectivity index (χ3v) is 10.1. The molecular formula is C39H64BrN5O16. The largest absolute Gasteiger partial charge is 0.481 e. The van der Waals surface area contributed by atoms with Gasteiger partial charge in [0.05, 0.1) is 50.9 Å². The van der Waals surface area contributed by atoms with E-state index in [1.165, 1.54) is 0 Å². The molecule has 348 valence electrons. The first-order valence-electron chi connectivity index (χ1n) is 20.6. The lowest BCUT2D eigenvalue weighted by Gasteiger charge is -2.28. The summed E-state index contributed by atoms with van der Waals surface area (Å²) in [5.74, 6) is -6.13. The zero-order valence-electron chi connectivity index (χ0n) is 34.7. The maximum atomic E-state index is 12.9. The highest BCUT2D eigenvalue weighted by molar-refractivity contribution is 9.09. The summed E-state index contributed by atoms with van der Waals surface area (Å²) in [5.41, 5.74) is 0. The van der Waals surface area contributed by atoms with Crippen molar-refractivity contribution in [3.63, 3.8) is 0 Å². The molecule has 1 saturated carbocycles. The van der Waals surface area contributed by atoms with Gasteiger partial charge >= 0.3 is 17.9 Å². The predicted octanol–water partition coefficient (Wildman–Crippen LogP) is 0.154. The Labute approximate surface area is 364 Å². The second-order valence-electron chi connectivity index (χ2n) is 14.5. The van der Waals surface area contributed by atoms with E-state index in [0.29, 0.717) is 51.6 Å². The fourth-order valence-electron chi connectivity index (χ4n) is 6.14. The standard InChI is InChI=1S/C39H64BrN5O16/c40-23-34(49)41-13-2-1-4-30(39(56)57)45-36(51)26-61-21-19-59-17-15-43-35(50)25-60-20-18-58-16-14-42-33(48)12-11-29(38(54)55)22-31(46)28-9-7-27(8-10-28)24-44-32(47)5-3-6-37(52)53/h27-30H,1-26H2,(H,41,49)(H,42,48)(H,43,50)(H,44,47)(H,45,51)(H,52,53)(H,54,55)(H,56,57)/t27?,28?,29-,30+/m1/s1. The molecule has 22 heteroatoms. The van der Waals surface area contributed by atoms with E-state index in [9.17, 15) is 53.4 Å². The molecule has 0 aromatic heterocycles. The Morgan fingerprint density at radius 1 is 0.557 bits per heavy atom. The number of carbonyl (C=O) groups excluding carboxylic acids is 6. The number of hydrogen-bond acceptors (Lipinski definition) is 13. The van der Waals surface area contributed by atoms with Gasteiger partial charge < -0.3 is 60.9 Å². The molecule has 1 fully saturated rings. The van der Waals surface area contributed by atoms with Gasteiger partial charge in [-0.15, -0.1) is 0 Å². The third-order valence-electron chi connectivity index (χ3n) is 9.55. The minimum absolute atomic E-state index is 0.0104. The summed E-state index contributed by atoms with van der Waals surface area (Å²) in [4.78, 5) is 106. The van der Waals surface area contributed by atoms with E-state index in [2.05, 4.69) is 42.5 Å². The zero-order chi connectivity index (χ0) is 45.3. The lowest BCUT2D eigenvalue weighted by molar-refractivity contribution is -0.145. The molecule has 0 aliphatic heterocycles. The van der Waals surface area contributed by atoms with Crippen LogP contribution in [-0.2, 0) is 62.1 Å². The monoisotopic (exact) mass is 937 g/mol. The second kappa shape index (κ2) is 34.3. The molecule has 0 spiro atoms. The number of nitrogens with one attached hydrogen (secondary N) is 5. The molecule has 0 bridgehead atoms. The number of carboxylic acid groups (broad SMARTS) is 3. The third kappa shape index (κ3) is 29.6. The summed E-state index contributed by atoms with van der Waals surface area (Å²) in [6.07, 6.45) is 4.01. The van der Waals surface area contributed by atoms with E-state index in [-0.39, 0.29) is 157 Å². The first kappa shape index (κ1) is 54.8. The number of carbonyl (C=O) groups is 9. The maximum Gasteiger partial charge on any atom is 0.326 e. The summed E-state index contributed by atoms with van der Waals surface area (Å²) >= 11 is 3.03. The minimum Gasteiger partial charge on any atom is -0.481 e. The number of ketones is 1. The van der Waals surface area contributed by atoms with E-state index in [4.69, 9.17) is 24.1 Å². The Balaban J connectivity index is 2.04. The first-order valence-corrected chi connectivity index (χ1v) is 21.8. The molecule has 0 saturated heterocycles. The van der Waals surface area contributed by atoms with Crippen molar-refractivity contribution in [3.05, 3.63) is 0 Å². The van der Waals surface area contributed by atoms with Gasteiger partial charge in [0.2, 0.25) is 29.5 Å². The van der Waals surface area contributed by atoms with Gasteiger partial charge in [0, 0.05) is 57.8 Å². The van der Waals surface area contributed by atoms with E-state index in [1.807, 2.05) is 0 Å². The molecule has 21 nitrogen and oxygen atoms in total. The van der Waals surface area contributed by atoms with Crippen LogP contribution in [0.1, 0.15) is 83.5 Å². The van der Waals surface area contributed by atoms with Gasteiger partial charge in [0.15, 0.2) is 0 Å². The quantitative estimate of drug-likeness (QED) is 0.0304. The van der Waals surface area contributed by atoms with Gasteiger partial charge in [-0.25, -0.2) is 4.79 Å². The normalized spacial score (nSPS) is 15.8. The number of alkyl halides is 1. The Bertz CT molecular complexity index is 1380. The van der Waals surface area contributed by atoms with Crippen LogP contribution in [0.25, 0.3) is 0 Å². The number of ether oxygens (including phenoxy) is 4. The van der Waals surface area contributed by atoms with E-state index < -0.39 is 35.8 Å². The highest BCUT2D eigenvalue weighted by atomic mass is 79.9. The van der Waals surface area contributed by atoms with Gasteiger partial charge in [0.1, 0.15) is 25.0 Å². The molecule has 0 radical (unpaired) electrons. The highest BCUT2D eigenvalue weighted by Gasteiger charge is 2.30. The number of aliphatic carboxylic acids is 3. The number of amides is 5. The Kier molecular flexibility index (Phi) is 30.8. The number of unbranched alkanes of at least 4 members (excludes halogenated alkanes) is 1. The molecule has 61 heavy (non-hydrogen) atoms. The van der Waals surface area contributed by atoms with Gasteiger partial charge in [-0.05, 0) is 63.7 Å². The molecule has 1 aliphatic rings. The Hall–Kier alpha value is -4.25. The fourth-order valence-corrected chi connectivity index (χ4v) is 6.34. The average molecular weight is 939 g/mol. The molecule has 1 rings (SSSR count). The van der Waals surface area contributed by atoms with Crippen molar-refractivity contribution in [1.29, 1.82) is 0 Å². The molecule has 2 atom stereocenters. The molecule has 1 aliphatic carbocycles. The van der Waals surface area contributed by atoms with Crippen LogP contribution < -0.4 is 26.6 Å². The molecule has 8 N–H and O–H groups in total. The summed E-state index contributed by atoms with van der Waals surface area (Å²) in [7, 11) is 0. The minimum atomic E-state index is -1.17. The summed E-state index contributed by atoms with van der Waals surface area (Å²) < 4.78 is 21.2. The lowest BCUT2D eigenvalue weighted by Crippen LogP contribution is -2.42. The van der Waals surface area contributed by atoms with Crippen LogP contribution in [0.5, 0.6) is 0 Å². The molecule has 0 aromatic rings. The highest BCUT2D eigenvalue weighted by Crippen LogP contribution is 2.31. The van der Waals surface area contributed by atoms with Crippen molar-refractivity contribution < 1.29 is 77.4 Å². The predicted molar refractivity (Wildman–Crippen MR) is 219 cm³/mol. The van der Waals surface area contributed by atoms with Crippen LogP contribution in [-0.4, -0.2) is 159 Å². The van der Waals surface area contributed by atoms with Crippen molar-refractivity contribution in [2.45, 2.75) is 89.5 Å². The van der Waals surface area contributed by atoms with Crippen LogP contribution in [0.2, 0.25) is 0 Å². The SMILES string of the molecule is O=C(O)CCCC(=O)NCC1CCC(C(=O)C[C@@H](CCC(=O)NCCOCCOCC(=O)NCCOCCOCC(=O)N[C@@H](CCCCNC(=O)CBr)C(=O)O)C(=O)O)CC1. The first-order chi connectivity index (χ1) is 29.2. The zero-order valence-corrected chi connectivity index (χ0v) is 36.3. The molecule has 0 aromatic carbocycles. The van der Waals surface area contributed by atoms with Gasteiger partial charge in [-0.2, -0.15) is 0 Å². The molecule has 5 amide bonds. The van der Waals surface area contributed by atoms with Gasteiger partial charge in [0.25, 0.3) is 0 Å². The summed E-state index contributed by atoms with van der Waals surface area (Å²) in [6.45, 7) is 1.51. The van der Waals surface area contributed by atoms with Crippen molar-refractivity contribution in [1.82, 2.24) is 26.6 Å². The van der Waals surface area contributed by atoms with E-state index in [0.717, 1.165) is 0 Å². The maximum absolute atomic E-state index is 12.9. The molecule has 0 heterocycles. The smallest absolute Gasteiger partial charge is 0.326 e. The lowest BCUT2D eigenvalue weighted by atomic mass is 9.78. The number of halogens is 1. The summed E-state index contributed by atoms with van der Waals surface area (Å²) in [6, 6.07) is -1.07. The number of carboxylic acids is 3. The van der Waals surface area contributed by atoms with Crippen molar-refractivity contribution in [2.75, 3.05) is 84.4 Å². The summed E-state index contributed by atoms with van der Waals surface area (Å²) in [5, 5.41) is 41.0. The second-order valence-corrected chi connectivity index (χ2v) is 15.0. The van der Waals surface area contributed by atoms with Crippen LogP contribution in [0.15, 0.2) is 0 Å². The topological polar surface area (TPSA) is 311 Å². The Morgan fingerprint density at radius 2 is 1.13 bits per heavy atom. The van der Waals surface area contributed by atoms with Gasteiger partial charge in [-0.3, -0.25) is 38.4 Å². The van der Waals surface area contributed by atoms with Crippen LogP contribution in [0.4, 0.5) is 0 Å².